The third kappa shape index (κ3) is 3.00. The molecular weight excluding hydrogens is 284 g/mol. The normalized spacial score (nSPS) is 19.0. The van der Waals surface area contributed by atoms with Gasteiger partial charge in [-0.1, -0.05) is 24.2 Å². The number of thioether (sulfide) groups is 1. The van der Waals surface area contributed by atoms with Gasteiger partial charge in [0.1, 0.15) is 5.78 Å². The molecule has 6 heteroatoms. The average molecular weight is 302 g/mol. The summed E-state index contributed by atoms with van der Waals surface area (Å²) in [4.78, 5) is 12.0. The van der Waals surface area contributed by atoms with Crippen LogP contribution in [-0.2, 0) is 4.79 Å². The van der Waals surface area contributed by atoms with Gasteiger partial charge in [-0.15, -0.1) is 5.10 Å². The molecule has 0 bridgehead atoms. The molecule has 0 N–H and O–H groups in total. The van der Waals surface area contributed by atoms with E-state index in [1.807, 2.05) is 6.07 Å². The summed E-state index contributed by atoms with van der Waals surface area (Å²) in [5.74, 6) is 0.320. The van der Waals surface area contributed by atoms with E-state index in [1.165, 1.54) is 22.9 Å². The highest BCUT2D eigenvalue weighted by atomic mass is 32.2. The van der Waals surface area contributed by atoms with Crippen LogP contribution in [0.4, 0.5) is 0 Å². The molecule has 5 nitrogen and oxygen atoms in total. The lowest BCUT2D eigenvalue weighted by Crippen LogP contribution is -2.21. The van der Waals surface area contributed by atoms with Crippen molar-refractivity contribution in [1.82, 2.24) is 20.2 Å². The Kier molecular flexibility index (Phi) is 4.05. The minimum absolute atomic E-state index is 0.00459. The van der Waals surface area contributed by atoms with Crippen LogP contribution in [0.2, 0.25) is 0 Å². The first-order chi connectivity index (χ1) is 10.1. The van der Waals surface area contributed by atoms with Gasteiger partial charge in [0.15, 0.2) is 0 Å². The van der Waals surface area contributed by atoms with Gasteiger partial charge in [0, 0.05) is 6.42 Å². The highest BCUT2D eigenvalue weighted by Crippen LogP contribution is 2.31. The van der Waals surface area contributed by atoms with Crippen LogP contribution in [-0.4, -0.2) is 31.2 Å². The van der Waals surface area contributed by atoms with Crippen LogP contribution in [0.15, 0.2) is 23.4 Å². The predicted molar refractivity (Wildman–Crippen MR) is 81.7 cm³/mol. The molecule has 0 radical (unpaired) electrons. The molecule has 1 aliphatic carbocycles. The smallest absolute Gasteiger partial charge is 0.214 e. The quantitative estimate of drug-likeness (QED) is 0.872. The van der Waals surface area contributed by atoms with Crippen molar-refractivity contribution in [3.63, 3.8) is 0 Å². The van der Waals surface area contributed by atoms with E-state index in [0.29, 0.717) is 17.4 Å². The number of benzene rings is 1. The minimum Gasteiger partial charge on any atom is -0.298 e. The van der Waals surface area contributed by atoms with Crippen LogP contribution in [0.3, 0.4) is 0 Å². The summed E-state index contributed by atoms with van der Waals surface area (Å²) in [5.41, 5.74) is 3.38. The molecule has 1 atom stereocenters. The number of hydrogen-bond acceptors (Lipinski definition) is 5. The summed E-state index contributed by atoms with van der Waals surface area (Å²) in [6, 6.07) is 6.14. The number of carbonyl (C=O) groups excluding carboxylic acids is 1. The summed E-state index contributed by atoms with van der Waals surface area (Å²) in [6.45, 7) is 4.15. The third-order valence-electron chi connectivity index (χ3n) is 3.92. The monoisotopic (exact) mass is 302 g/mol. The lowest BCUT2D eigenvalue weighted by Gasteiger charge is -2.19. The molecule has 2 aromatic rings. The number of nitrogens with zero attached hydrogens (tertiary/aromatic N) is 4. The summed E-state index contributed by atoms with van der Waals surface area (Å²) < 4.78 is 1.72. The zero-order valence-electron chi connectivity index (χ0n) is 12.2. The number of Topliss-reactive ketones (excluding diaryl/α,β-unsaturated/α-hetero) is 1. The van der Waals surface area contributed by atoms with Crippen LogP contribution >= 0.6 is 11.8 Å². The van der Waals surface area contributed by atoms with Gasteiger partial charge in [-0.2, -0.15) is 4.68 Å². The molecule has 1 aromatic carbocycles. The lowest BCUT2D eigenvalue weighted by atomic mass is 9.99. The molecule has 1 saturated carbocycles. The SMILES string of the molecule is Cc1ccc(-n2nnnc2S[C@H]2CCCCC2=O)cc1C. The highest BCUT2D eigenvalue weighted by Gasteiger charge is 2.25. The van der Waals surface area contributed by atoms with Gasteiger partial charge in [0.25, 0.3) is 0 Å². The fraction of sp³-hybridized carbons (Fsp3) is 0.467. The van der Waals surface area contributed by atoms with Crippen molar-refractivity contribution in [2.45, 2.75) is 49.9 Å². The fourth-order valence-electron chi connectivity index (χ4n) is 2.47. The molecule has 1 aliphatic rings. The van der Waals surface area contributed by atoms with Crippen molar-refractivity contribution in [2.75, 3.05) is 0 Å². The van der Waals surface area contributed by atoms with Gasteiger partial charge in [-0.25, -0.2) is 0 Å². The van der Waals surface area contributed by atoms with E-state index >= 15 is 0 Å². The van der Waals surface area contributed by atoms with Gasteiger partial charge >= 0.3 is 0 Å². The number of aromatic nitrogens is 4. The second-order valence-electron chi connectivity index (χ2n) is 5.46. The molecule has 0 saturated heterocycles. The van der Waals surface area contributed by atoms with Crippen molar-refractivity contribution in [2.24, 2.45) is 0 Å². The molecule has 0 spiro atoms. The molecule has 0 aliphatic heterocycles. The van der Waals surface area contributed by atoms with E-state index in [2.05, 4.69) is 41.5 Å². The lowest BCUT2D eigenvalue weighted by molar-refractivity contribution is -0.119. The van der Waals surface area contributed by atoms with E-state index in [4.69, 9.17) is 0 Å². The van der Waals surface area contributed by atoms with Gasteiger partial charge in [0.05, 0.1) is 10.9 Å². The molecule has 1 fully saturated rings. The van der Waals surface area contributed by atoms with E-state index < -0.39 is 0 Å². The van der Waals surface area contributed by atoms with Crippen LogP contribution in [0.25, 0.3) is 5.69 Å². The van der Waals surface area contributed by atoms with Crippen LogP contribution in [0, 0.1) is 13.8 Å². The number of rotatable bonds is 3. The van der Waals surface area contributed by atoms with Crippen molar-refractivity contribution in [3.8, 4) is 5.69 Å². The second kappa shape index (κ2) is 5.97. The average Bonchev–Trinajstić information content (AvgIpc) is 2.93. The third-order valence-corrected chi connectivity index (χ3v) is 5.17. The number of hydrogen-bond donors (Lipinski definition) is 0. The van der Waals surface area contributed by atoms with Gasteiger partial charge < -0.3 is 0 Å². The molecule has 0 unspecified atom stereocenters. The molecule has 1 aromatic heterocycles. The fourth-order valence-corrected chi connectivity index (χ4v) is 3.59. The highest BCUT2D eigenvalue weighted by molar-refractivity contribution is 8.00. The van der Waals surface area contributed by atoms with Crippen molar-refractivity contribution in [1.29, 1.82) is 0 Å². The van der Waals surface area contributed by atoms with Crippen LogP contribution < -0.4 is 0 Å². The summed E-state index contributed by atoms with van der Waals surface area (Å²) in [5, 5.41) is 12.6. The van der Waals surface area contributed by atoms with E-state index in [0.717, 1.165) is 24.9 Å². The first-order valence-corrected chi connectivity index (χ1v) is 8.08. The maximum Gasteiger partial charge on any atom is 0.214 e. The van der Waals surface area contributed by atoms with Gasteiger partial charge in [0.2, 0.25) is 5.16 Å². The molecule has 0 amide bonds. The van der Waals surface area contributed by atoms with Crippen molar-refractivity contribution >= 4 is 17.5 Å². The van der Waals surface area contributed by atoms with Gasteiger partial charge in [-0.05, 0) is 60.4 Å². The molecule has 110 valence electrons. The zero-order chi connectivity index (χ0) is 14.8. The molecule has 21 heavy (non-hydrogen) atoms. The number of aryl methyl sites for hydroxylation is 2. The van der Waals surface area contributed by atoms with Crippen LogP contribution in [0.5, 0.6) is 0 Å². The minimum atomic E-state index is -0.00459. The maximum absolute atomic E-state index is 12.0. The summed E-state index contributed by atoms with van der Waals surface area (Å²) >= 11 is 1.49. The molecular formula is C15H18N4OS. The predicted octanol–water partition coefficient (Wildman–Crippen LogP) is 2.88. The Morgan fingerprint density at radius 3 is 2.86 bits per heavy atom. The Hall–Kier alpha value is -1.69. The Morgan fingerprint density at radius 2 is 2.10 bits per heavy atom. The first-order valence-electron chi connectivity index (χ1n) is 7.20. The van der Waals surface area contributed by atoms with Crippen LogP contribution in [0.1, 0.15) is 36.8 Å². The Bertz CT molecular complexity index is 667. The number of ketones is 1. The Labute approximate surface area is 128 Å². The van der Waals surface area contributed by atoms with Gasteiger partial charge in [-0.3, -0.25) is 4.79 Å². The largest absolute Gasteiger partial charge is 0.298 e. The van der Waals surface area contributed by atoms with Crippen molar-refractivity contribution in [3.05, 3.63) is 29.3 Å². The van der Waals surface area contributed by atoms with E-state index in [9.17, 15) is 4.79 Å². The standard InChI is InChI=1S/C15H18N4OS/c1-10-7-8-12(9-11(10)2)19-15(16-17-18-19)21-14-6-4-3-5-13(14)20/h7-9,14H,3-6H2,1-2H3/t14-/m0/s1. The Morgan fingerprint density at radius 1 is 1.24 bits per heavy atom. The van der Waals surface area contributed by atoms with E-state index in [-0.39, 0.29) is 5.25 Å². The Balaban J connectivity index is 1.86. The van der Waals surface area contributed by atoms with Crippen molar-refractivity contribution < 1.29 is 4.79 Å². The maximum atomic E-state index is 12.0. The topological polar surface area (TPSA) is 60.7 Å². The number of carbonyl (C=O) groups is 1. The summed E-state index contributed by atoms with van der Waals surface area (Å²) in [7, 11) is 0. The molecule has 3 rings (SSSR count). The van der Waals surface area contributed by atoms with E-state index in [1.54, 1.807) is 4.68 Å². The summed E-state index contributed by atoms with van der Waals surface area (Å²) in [6.07, 6.45) is 3.72. The zero-order valence-corrected chi connectivity index (χ0v) is 13.1. The second-order valence-corrected chi connectivity index (χ2v) is 6.63. The number of tetrazole rings is 1. The first kappa shape index (κ1) is 14.3. The molecule has 1 heterocycles.